The van der Waals surface area contributed by atoms with Crippen LogP contribution < -0.4 is 10.2 Å². The fourth-order valence-electron chi connectivity index (χ4n) is 4.05. The SMILES string of the molecule is COBN1CCN(c2ccncc2NC(=O)c2ccnc(-c3cc4ccccc4[nH]3)n2)CC1. The molecule has 5 rings (SSSR count). The number of carbonyl (C=O) groups is 1. The van der Waals surface area contributed by atoms with Gasteiger partial charge in [-0.1, -0.05) is 18.2 Å². The molecule has 0 saturated carbocycles. The van der Waals surface area contributed by atoms with Crippen molar-refractivity contribution in [3.8, 4) is 11.5 Å². The number of benzene rings is 1. The molecule has 1 amide bonds. The Bertz CT molecular complexity index is 1240. The van der Waals surface area contributed by atoms with E-state index in [-0.39, 0.29) is 5.91 Å². The lowest BCUT2D eigenvalue weighted by atomic mass is 10.1. The number of piperazine rings is 1. The Morgan fingerprint density at radius 3 is 2.79 bits per heavy atom. The van der Waals surface area contributed by atoms with Crippen LogP contribution >= 0.6 is 0 Å². The fourth-order valence-corrected chi connectivity index (χ4v) is 4.05. The van der Waals surface area contributed by atoms with E-state index in [1.54, 1.807) is 31.8 Å². The molecule has 0 aliphatic carbocycles. The zero-order chi connectivity index (χ0) is 22.6. The van der Waals surface area contributed by atoms with Crippen LogP contribution in [0.3, 0.4) is 0 Å². The maximum Gasteiger partial charge on any atom is 0.363 e. The van der Waals surface area contributed by atoms with Gasteiger partial charge in [-0.05, 0) is 24.3 Å². The first-order valence-electron chi connectivity index (χ1n) is 10.8. The standard InChI is InChI=1S/C23H24BN7O2/c1-33-24-31-12-10-30(11-13-31)21-7-8-25-15-20(21)29-23(32)18-6-9-26-22(28-18)19-14-16-4-2-3-5-17(16)27-19/h2-9,14-15,24,27H,10-13H2,1H3,(H,29,32). The van der Waals surface area contributed by atoms with Gasteiger partial charge in [0.15, 0.2) is 5.82 Å². The Morgan fingerprint density at radius 2 is 1.97 bits per heavy atom. The maximum atomic E-state index is 13.1. The van der Waals surface area contributed by atoms with E-state index in [0.29, 0.717) is 24.8 Å². The van der Waals surface area contributed by atoms with Crippen LogP contribution in [0.4, 0.5) is 11.4 Å². The molecule has 33 heavy (non-hydrogen) atoms. The second-order valence-electron chi connectivity index (χ2n) is 7.91. The van der Waals surface area contributed by atoms with Gasteiger partial charge in [-0.15, -0.1) is 0 Å². The van der Waals surface area contributed by atoms with E-state index in [1.807, 2.05) is 36.4 Å². The summed E-state index contributed by atoms with van der Waals surface area (Å²) in [7, 11) is 2.33. The number of hydrogen-bond donors (Lipinski definition) is 2. The minimum Gasteiger partial charge on any atom is -0.427 e. The van der Waals surface area contributed by atoms with Crippen LogP contribution in [-0.2, 0) is 4.65 Å². The summed E-state index contributed by atoms with van der Waals surface area (Å²) in [5, 5.41) is 4.05. The normalized spacial score (nSPS) is 14.4. The number of fused-ring (bicyclic) bond motifs is 1. The largest absolute Gasteiger partial charge is 0.427 e. The lowest BCUT2D eigenvalue weighted by Gasteiger charge is -2.36. The molecular formula is C23H24BN7O2. The lowest BCUT2D eigenvalue weighted by molar-refractivity contribution is 0.102. The third-order valence-corrected chi connectivity index (χ3v) is 5.73. The van der Waals surface area contributed by atoms with Gasteiger partial charge in [0.1, 0.15) is 5.69 Å². The molecule has 0 bridgehead atoms. The van der Waals surface area contributed by atoms with E-state index < -0.39 is 0 Å². The predicted molar refractivity (Wildman–Crippen MR) is 129 cm³/mol. The first-order valence-corrected chi connectivity index (χ1v) is 10.8. The molecule has 0 spiro atoms. The van der Waals surface area contributed by atoms with Crippen LogP contribution in [0.25, 0.3) is 22.4 Å². The van der Waals surface area contributed by atoms with Gasteiger partial charge >= 0.3 is 7.62 Å². The van der Waals surface area contributed by atoms with Crippen molar-refractivity contribution in [3.05, 3.63) is 66.7 Å². The molecule has 1 fully saturated rings. The number of nitrogens with zero attached hydrogens (tertiary/aromatic N) is 5. The average Bonchev–Trinajstić information content (AvgIpc) is 3.30. The Labute approximate surface area is 192 Å². The Balaban J connectivity index is 1.34. The second-order valence-corrected chi connectivity index (χ2v) is 7.91. The third-order valence-electron chi connectivity index (χ3n) is 5.73. The van der Waals surface area contributed by atoms with Crippen LogP contribution in [-0.4, -0.2) is 71.6 Å². The summed E-state index contributed by atoms with van der Waals surface area (Å²) in [6.45, 7) is 3.47. The van der Waals surface area contributed by atoms with Crippen molar-refractivity contribution in [2.24, 2.45) is 0 Å². The number of hydrogen-bond acceptors (Lipinski definition) is 7. The minimum atomic E-state index is -0.304. The van der Waals surface area contributed by atoms with Crippen molar-refractivity contribution in [2.75, 3.05) is 43.5 Å². The molecule has 0 atom stereocenters. The van der Waals surface area contributed by atoms with Crippen molar-refractivity contribution < 1.29 is 9.45 Å². The number of carbonyl (C=O) groups excluding carboxylic acids is 1. The first-order chi connectivity index (χ1) is 16.2. The number of rotatable bonds is 6. The van der Waals surface area contributed by atoms with Gasteiger partial charge in [-0.25, -0.2) is 9.97 Å². The summed E-state index contributed by atoms with van der Waals surface area (Å²) in [4.78, 5) is 33.9. The number of anilines is 2. The molecule has 0 radical (unpaired) electrons. The van der Waals surface area contributed by atoms with Gasteiger partial charge < -0.3 is 24.7 Å². The van der Waals surface area contributed by atoms with Gasteiger partial charge in [0.2, 0.25) is 0 Å². The number of amides is 1. The van der Waals surface area contributed by atoms with E-state index >= 15 is 0 Å². The van der Waals surface area contributed by atoms with Crippen LogP contribution in [0.1, 0.15) is 10.5 Å². The summed E-state index contributed by atoms with van der Waals surface area (Å²) in [5.41, 5.74) is 3.66. The van der Waals surface area contributed by atoms with Crippen molar-refractivity contribution in [3.63, 3.8) is 0 Å². The third kappa shape index (κ3) is 4.57. The molecule has 0 unspecified atom stereocenters. The van der Waals surface area contributed by atoms with Gasteiger partial charge in [-0.2, -0.15) is 0 Å². The smallest absolute Gasteiger partial charge is 0.363 e. The number of aromatic nitrogens is 4. The topological polar surface area (TPSA) is 99.3 Å². The van der Waals surface area contributed by atoms with Gasteiger partial charge in [0.25, 0.3) is 5.91 Å². The quantitative estimate of drug-likeness (QED) is 0.443. The zero-order valence-electron chi connectivity index (χ0n) is 18.4. The molecular weight excluding hydrogens is 417 g/mol. The van der Waals surface area contributed by atoms with E-state index in [4.69, 9.17) is 4.65 Å². The number of para-hydroxylation sites is 1. The van der Waals surface area contributed by atoms with Gasteiger partial charge in [0, 0.05) is 56.6 Å². The van der Waals surface area contributed by atoms with E-state index in [1.165, 1.54) is 0 Å². The summed E-state index contributed by atoms with van der Waals surface area (Å²) in [6.07, 6.45) is 5.02. The number of aromatic amines is 1. The average molecular weight is 441 g/mol. The monoisotopic (exact) mass is 441 g/mol. The highest BCUT2D eigenvalue weighted by atomic mass is 16.4. The molecule has 166 valence electrons. The number of H-pyrrole nitrogens is 1. The van der Waals surface area contributed by atoms with Crippen LogP contribution in [0, 0.1) is 0 Å². The van der Waals surface area contributed by atoms with E-state index in [9.17, 15) is 4.79 Å². The van der Waals surface area contributed by atoms with Crippen molar-refractivity contribution >= 4 is 35.8 Å². The molecule has 10 heteroatoms. The molecule has 3 aromatic heterocycles. The van der Waals surface area contributed by atoms with Crippen molar-refractivity contribution in [1.82, 2.24) is 24.7 Å². The molecule has 1 aromatic carbocycles. The second kappa shape index (κ2) is 9.39. The Hall–Kier alpha value is -3.76. The highest BCUT2D eigenvalue weighted by Crippen LogP contribution is 2.26. The maximum absolute atomic E-state index is 13.1. The van der Waals surface area contributed by atoms with Crippen LogP contribution in [0.15, 0.2) is 61.1 Å². The summed E-state index contributed by atoms with van der Waals surface area (Å²) >= 11 is 0. The molecule has 4 aromatic rings. The lowest BCUT2D eigenvalue weighted by Crippen LogP contribution is -2.48. The highest BCUT2D eigenvalue weighted by molar-refractivity contribution is 6.23. The van der Waals surface area contributed by atoms with Crippen molar-refractivity contribution in [1.29, 1.82) is 0 Å². The number of nitrogens with one attached hydrogen (secondary N) is 2. The molecule has 1 aliphatic rings. The summed E-state index contributed by atoms with van der Waals surface area (Å²) < 4.78 is 5.23. The molecule has 1 saturated heterocycles. The Kier molecular flexibility index (Phi) is 6.01. The van der Waals surface area contributed by atoms with Gasteiger partial charge in [0.05, 0.1) is 23.3 Å². The highest BCUT2D eigenvalue weighted by Gasteiger charge is 2.21. The fraction of sp³-hybridized carbons (Fsp3) is 0.217. The predicted octanol–water partition coefficient (Wildman–Crippen LogP) is 2.31. The van der Waals surface area contributed by atoms with Gasteiger partial charge in [-0.3, -0.25) is 9.78 Å². The molecule has 4 heterocycles. The number of pyridine rings is 1. The Morgan fingerprint density at radius 1 is 1.12 bits per heavy atom. The zero-order valence-corrected chi connectivity index (χ0v) is 18.4. The van der Waals surface area contributed by atoms with Crippen LogP contribution in [0.5, 0.6) is 0 Å². The van der Waals surface area contributed by atoms with E-state index in [0.717, 1.165) is 48.5 Å². The van der Waals surface area contributed by atoms with Crippen LogP contribution in [0.2, 0.25) is 0 Å². The molecule has 2 N–H and O–H groups in total. The first kappa shape index (κ1) is 21.1. The molecule has 9 nitrogen and oxygen atoms in total. The van der Waals surface area contributed by atoms with E-state index in [2.05, 4.69) is 35.0 Å². The minimum absolute atomic E-state index is 0.290. The van der Waals surface area contributed by atoms with Crippen molar-refractivity contribution in [2.45, 2.75) is 0 Å². The summed E-state index contributed by atoms with van der Waals surface area (Å²) in [6, 6.07) is 13.5. The molecule has 1 aliphatic heterocycles. The summed E-state index contributed by atoms with van der Waals surface area (Å²) in [5.74, 6) is 0.168.